The summed E-state index contributed by atoms with van der Waals surface area (Å²) in [6.45, 7) is 7.47. The number of anilines is 1. The van der Waals surface area contributed by atoms with Crippen molar-refractivity contribution < 1.29 is 0 Å². The largest absolute Gasteiger partial charge is 0.352 e. The SMILES string of the molecule is Cc1ccc(CNc2nc3ccccc3n2CCN2CCCCC2)cc1. The first-order valence-corrected chi connectivity index (χ1v) is 9.77. The molecule has 1 aliphatic heterocycles. The fourth-order valence-corrected chi connectivity index (χ4v) is 3.75. The number of nitrogens with zero attached hydrogens (tertiary/aromatic N) is 3. The molecule has 0 radical (unpaired) electrons. The smallest absolute Gasteiger partial charge is 0.204 e. The van der Waals surface area contributed by atoms with Gasteiger partial charge >= 0.3 is 0 Å². The van der Waals surface area contributed by atoms with Crippen LogP contribution in [0.1, 0.15) is 30.4 Å². The van der Waals surface area contributed by atoms with Crippen LogP contribution in [0.3, 0.4) is 0 Å². The van der Waals surface area contributed by atoms with E-state index in [2.05, 4.69) is 70.2 Å². The quantitative estimate of drug-likeness (QED) is 0.715. The van der Waals surface area contributed by atoms with Gasteiger partial charge in [0.2, 0.25) is 5.95 Å². The predicted molar refractivity (Wildman–Crippen MR) is 109 cm³/mol. The van der Waals surface area contributed by atoms with E-state index in [-0.39, 0.29) is 0 Å². The maximum Gasteiger partial charge on any atom is 0.204 e. The summed E-state index contributed by atoms with van der Waals surface area (Å²) in [6, 6.07) is 17.1. The van der Waals surface area contributed by atoms with E-state index in [4.69, 9.17) is 4.98 Å². The van der Waals surface area contributed by atoms with Crippen molar-refractivity contribution in [3.63, 3.8) is 0 Å². The van der Waals surface area contributed by atoms with E-state index < -0.39 is 0 Å². The van der Waals surface area contributed by atoms with Crippen LogP contribution in [0.15, 0.2) is 48.5 Å². The molecule has 4 rings (SSSR count). The van der Waals surface area contributed by atoms with E-state index in [0.29, 0.717) is 0 Å². The molecule has 26 heavy (non-hydrogen) atoms. The van der Waals surface area contributed by atoms with Crippen molar-refractivity contribution in [2.24, 2.45) is 0 Å². The second kappa shape index (κ2) is 7.92. The molecule has 0 spiro atoms. The monoisotopic (exact) mass is 348 g/mol. The molecule has 0 bridgehead atoms. The van der Waals surface area contributed by atoms with Gasteiger partial charge in [0.1, 0.15) is 0 Å². The number of hydrogen-bond donors (Lipinski definition) is 1. The second-order valence-electron chi connectivity index (χ2n) is 7.32. The zero-order valence-corrected chi connectivity index (χ0v) is 15.6. The van der Waals surface area contributed by atoms with Crippen LogP contribution in [-0.4, -0.2) is 34.1 Å². The van der Waals surface area contributed by atoms with Crippen LogP contribution in [0.4, 0.5) is 5.95 Å². The zero-order chi connectivity index (χ0) is 17.8. The summed E-state index contributed by atoms with van der Waals surface area (Å²) >= 11 is 0. The lowest BCUT2D eigenvalue weighted by molar-refractivity contribution is 0.222. The van der Waals surface area contributed by atoms with E-state index in [1.165, 1.54) is 49.0 Å². The van der Waals surface area contributed by atoms with Gasteiger partial charge in [-0.1, -0.05) is 48.4 Å². The fourth-order valence-electron chi connectivity index (χ4n) is 3.75. The van der Waals surface area contributed by atoms with Gasteiger partial charge in [-0.05, 0) is 50.6 Å². The molecule has 0 unspecified atom stereocenters. The summed E-state index contributed by atoms with van der Waals surface area (Å²) in [5.74, 6) is 0.976. The number of nitrogens with one attached hydrogen (secondary N) is 1. The van der Waals surface area contributed by atoms with Gasteiger partial charge in [0, 0.05) is 19.6 Å². The average Bonchev–Trinajstić information content (AvgIpc) is 3.04. The van der Waals surface area contributed by atoms with Crippen molar-refractivity contribution in [1.29, 1.82) is 0 Å². The van der Waals surface area contributed by atoms with Gasteiger partial charge in [0.25, 0.3) is 0 Å². The molecule has 1 aliphatic rings. The van der Waals surface area contributed by atoms with E-state index in [9.17, 15) is 0 Å². The number of likely N-dealkylation sites (tertiary alicyclic amines) is 1. The van der Waals surface area contributed by atoms with Crippen molar-refractivity contribution in [3.8, 4) is 0 Å². The zero-order valence-electron chi connectivity index (χ0n) is 15.6. The lowest BCUT2D eigenvalue weighted by Crippen LogP contribution is -2.32. The Hall–Kier alpha value is -2.33. The van der Waals surface area contributed by atoms with Crippen molar-refractivity contribution in [3.05, 3.63) is 59.7 Å². The molecular formula is C22H28N4. The van der Waals surface area contributed by atoms with Gasteiger partial charge in [0.15, 0.2) is 0 Å². The summed E-state index contributed by atoms with van der Waals surface area (Å²) in [5.41, 5.74) is 4.86. The summed E-state index contributed by atoms with van der Waals surface area (Å²) < 4.78 is 2.35. The molecule has 0 atom stereocenters. The van der Waals surface area contributed by atoms with Gasteiger partial charge in [-0.15, -0.1) is 0 Å². The Morgan fingerprint density at radius 1 is 0.923 bits per heavy atom. The Kier molecular flexibility index (Phi) is 5.21. The molecule has 0 amide bonds. The second-order valence-corrected chi connectivity index (χ2v) is 7.32. The molecule has 2 heterocycles. The number of benzene rings is 2. The van der Waals surface area contributed by atoms with Crippen LogP contribution < -0.4 is 5.32 Å². The average molecular weight is 348 g/mol. The van der Waals surface area contributed by atoms with Crippen LogP contribution in [-0.2, 0) is 13.1 Å². The maximum atomic E-state index is 4.84. The van der Waals surface area contributed by atoms with Crippen molar-refractivity contribution in [2.75, 3.05) is 25.0 Å². The molecule has 3 aromatic rings. The topological polar surface area (TPSA) is 33.1 Å². The van der Waals surface area contributed by atoms with Crippen LogP contribution in [0.2, 0.25) is 0 Å². The number of imidazole rings is 1. The molecule has 4 nitrogen and oxygen atoms in total. The third-order valence-electron chi connectivity index (χ3n) is 5.31. The highest BCUT2D eigenvalue weighted by molar-refractivity contribution is 5.78. The number of aromatic nitrogens is 2. The lowest BCUT2D eigenvalue weighted by atomic mass is 10.1. The van der Waals surface area contributed by atoms with Gasteiger partial charge in [-0.25, -0.2) is 4.98 Å². The van der Waals surface area contributed by atoms with E-state index in [1.54, 1.807) is 0 Å². The van der Waals surface area contributed by atoms with Crippen molar-refractivity contribution in [1.82, 2.24) is 14.5 Å². The third kappa shape index (κ3) is 3.91. The normalized spacial score (nSPS) is 15.4. The van der Waals surface area contributed by atoms with Crippen LogP contribution in [0, 0.1) is 6.92 Å². The van der Waals surface area contributed by atoms with Gasteiger partial charge in [0.05, 0.1) is 11.0 Å². The summed E-state index contributed by atoms with van der Waals surface area (Å²) in [6.07, 6.45) is 4.06. The standard InChI is InChI=1S/C22H28N4/c1-18-9-11-19(12-10-18)17-23-22-24-20-7-3-4-8-21(20)26(22)16-15-25-13-5-2-6-14-25/h3-4,7-12H,2,5-6,13-17H2,1H3,(H,23,24). The number of fused-ring (bicyclic) bond motifs is 1. The lowest BCUT2D eigenvalue weighted by Gasteiger charge is -2.26. The van der Waals surface area contributed by atoms with Gasteiger partial charge in [-0.2, -0.15) is 0 Å². The van der Waals surface area contributed by atoms with E-state index >= 15 is 0 Å². The third-order valence-corrected chi connectivity index (χ3v) is 5.31. The molecule has 1 fully saturated rings. The Morgan fingerprint density at radius 3 is 2.50 bits per heavy atom. The van der Waals surface area contributed by atoms with Crippen molar-refractivity contribution >= 4 is 17.0 Å². The maximum absolute atomic E-state index is 4.84. The van der Waals surface area contributed by atoms with Crippen LogP contribution in [0.5, 0.6) is 0 Å². The Morgan fingerprint density at radius 2 is 1.69 bits per heavy atom. The minimum Gasteiger partial charge on any atom is -0.352 e. The number of piperidine rings is 1. The first-order chi connectivity index (χ1) is 12.8. The van der Waals surface area contributed by atoms with Gasteiger partial charge in [-0.3, -0.25) is 0 Å². The molecule has 0 aliphatic carbocycles. The van der Waals surface area contributed by atoms with E-state index in [1.807, 2.05) is 0 Å². The summed E-state index contributed by atoms with van der Waals surface area (Å²) in [4.78, 5) is 7.43. The Balaban J connectivity index is 1.51. The Bertz CT molecular complexity index is 844. The minimum atomic E-state index is 0.799. The fraction of sp³-hybridized carbons (Fsp3) is 0.409. The summed E-state index contributed by atoms with van der Waals surface area (Å²) in [7, 11) is 0. The van der Waals surface area contributed by atoms with E-state index in [0.717, 1.165) is 31.1 Å². The van der Waals surface area contributed by atoms with Gasteiger partial charge < -0.3 is 14.8 Å². The van der Waals surface area contributed by atoms with Crippen LogP contribution in [0.25, 0.3) is 11.0 Å². The number of rotatable bonds is 6. The molecular weight excluding hydrogens is 320 g/mol. The number of aryl methyl sites for hydroxylation is 1. The first-order valence-electron chi connectivity index (χ1n) is 9.77. The molecule has 2 aromatic carbocycles. The molecule has 1 aromatic heterocycles. The highest BCUT2D eigenvalue weighted by atomic mass is 15.2. The van der Waals surface area contributed by atoms with Crippen molar-refractivity contribution in [2.45, 2.75) is 39.3 Å². The molecule has 1 N–H and O–H groups in total. The molecule has 1 saturated heterocycles. The number of hydrogen-bond acceptors (Lipinski definition) is 3. The predicted octanol–water partition coefficient (Wildman–Crippen LogP) is 4.44. The number of para-hydroxylation sites is 2. The molecule has 136 valence electrons. The summed E-state index contributed by atoms with van der Waals surface area (Å²) in [5, 5.41) is 3.56. The molecule has 0 saturated carbocycles. The highest BCUT2D eigenvalue weighted by Gasteiger charge is 2.14. The van der Waals surface area contributed by atoms with Crippen LogP contribution >= 0.6 is 0 Å². The highest BCUT2D eigenvalue weighted by Crippen LogP contribution is 2.21. The molecule has 4 heteroatoms. The Labute approximate surface area is 155 Å². The first kappa shape index (κ1) is 17.1. The minimum absolute atomic E-state index is 0.799.